The van der Waals surface area contributed by atoms with Crippen molar-refractivity contribution in [2.24, 2.45) is 0 Å². The Hall–Kier alpha value is -2.74. The van der Waals surface area contributed by atoms with Crippen molar-refractivity contribution in [3.8, 4) is 0 Å². The SMILES string of the molecule is CC(C)c1ccc(C[n+]2ccc(C(=O)c3ccccc3)cc2)cc1. The molecule has 0 saturated carbocycles. The number of rotatable bonds is 5. The first kappa shape index (κ1) is 16.1. The maximum absolute atomic E-state index is 12.4. The minimum absolute atomic E-state index is 0.0593. The van der Waals surface area contributed by atoms with Gasteiger partial charge in [-0.3, -0.25) is 4.79 Å². The zero-order chi connectivity index (χ0) is 16.9. The van der Waals surface area contributed by atoms with Gasteiger partial charge >= 0.3 is 0 Å². The molecule has 0 N–H and O–H groups in total. The Morgan fingerprint density at radius 1 is 0.833 bits per heavy atom. The summed E-state index contributed by atoms with van der Waals surface area (Å²) in [4.78, 5) is 12.4. The van der Waals surface area contributed by atoms with E-state index < -0.39 is 0 Å². The van der Waals surface area contributed by atoms with Crippen molar-refractivity contribution >= 4 is 5.78 Å². The van der Waals surface area contributed by atoms with Crippen molar-refractivity contribution in [2.45, 2.75) is 26.3 Å². The summed E-state index contributed by atoms with van der Waals surface area (Å²) in [7, 11) is 0. The molecule has 1 heterocycles. The van der Waals surface area contributed by atoms with Gasteiger partial charge in [-0.1, -0.05) is 68.4 Å². The van der Waals surface area contributed by atoms with Crippen molar-refractivity contribution in [1.82, 2.24) is 0 Å². The van der Waals surface area contributed by atoms with Crippen molar-refractivity contribution in [1.29, 1.82) is 0 Å². The van der Waals surface area contributed by atoms with Gasteiger partial charge < -0.3 is 0 Å². The van der Waals surface area contributed by atoms with Crippen LogP contribution in [-0.4, -0.2) is 5.78 Å². The Bertz CT molecular complexity index is 803. The molecule has 2 nitrogen and oxygen atoms in total. The molecule has 3 rings (SSSR count). The summed E-state index contributed by atoms with van der Waals surface area (Å²) in [5.74, 6) is 0.610. The monoisotopic (exact) mass is 316 g/mol. The first-order valence-electron chi connectivity index (χ1n) is 8.31. The van der Waals surface area contributed by atoms with Gasteiger partial charge in [0.15, 0.2) is 24.7 Å². The molecule has 24 heavy (non-hydrogen) atoms. The number of aromatic nitrogens is 1. The van der Waals surface area contributed by atoms with E-state index in [2.05, 4.69) is 42.7 Å². The van der Waals surface area contributed by atoms with Crippen molar-refractivity contribution in [2.75, 3.05) is 0 Å². The Labute approximate surface area is 143 Å². The van der Waals surface area contributed by atoms with Crippen LogP contribution in [-0.2, 0) is 6.54 Å². The molecule has 0 atom stereocenters. The van der Waals surface area contributed by atoms with Crippen LogP contribution in [0.2, 0.25) is 0 Å². The smallest absolute Gasteiger partial charge is 0.193 e. The zero-order valence-corrected chi connectivity index (χ0v) is 14.1. The van der Waals surface area contributed by atoms with E-state index in [1.807, 2.05) is 54.9 Å². The Balaban J connectivity index is 1.71. The van der Waals surface area contributed by atoms with E-state index in [9.17, 15) is 4.79 Å². The molecular weight excluding hydrogens is 294 g/mol. The summed E-state index contributed by atoms with van der Waals surface area (Å²) in [6.07, 6.45) is 3.93. The standard InChI is InChI=1S/C22H22NO/c1-17(2)19-10-8-18(9-11-19)16-23-14-12-21(13-15-23)22(24)20-6-4-3-5-7-20/h3-15,17H,16H2,1-2H3/q+1. The molecule has 0 aliphatic carbocycles. The van der Waals surface area contributed by atoms with Gasteiger partial charge in [0.2, 0.25) is 0 Å². The summed E-state index contributed by atoms with van der Waals surface area (Å²) in [6.45, 7) is 5.20. The van der Waals surface area contributed by atoms with Crippen LogP contribution in [0.1, 0.15) is 46.8 Å². The number of pyridine rings is 1. The Kier molecular flexibility index (Phi) is 4.85. The average Bonchev–Trinajstić information content (AvgIpc) is 2.63. The van der Waals surface area contributed by atoms with Gasteiger partial charge in [0, 0.05) is 28.8 Å². The molecule has 0 saturated heterocycles. The lowest BCUT2D eigenvalue weighted by molar-refractivity contribution is -0.688. The molecule has 0 amide bonds. The lowest BCUT2D eigenvalue weighted by Crippen LogP contribution is -2.33. The highest BCUT2D eigenvalue weighted by Gasteiger charge is 2.11. The van der Waals surface area contributed by atoms with Gasteiger partial charge in [0.25, 0.3) is 0 Å². The van der Waals surface area contributed by atoms with E-state index in [-0.39, 0.29) is 5.78 Å². The predicted octanol–water partition coefficient (Wildman–Crippen LogP) is 4.38. The van der Waals surface area contributed by atoms with Gasteiger partial charge in [-0.25, -0.2) is 4.57 Å². The number of hydrogen-bond acceptors (Lipinski definition) is 1. The van der Waals surface area contributed by atoms with E-state index in [1.54, 1.807) is 0 Å². The fourth-order valence-electron chi connectivity index (χ4n) is 2.69. The second-order valence-electron chi connectivity index (χ2n) is 6.35. The molecular formula is C22H22NO+. The zero-order valence-electron chi connectivity index (χ0n) is 14.1. The largest absolute Gasteiger partial charge is 0.289 e. The van der Waals surface area contributed by atoms with Crippen LogP contribution < -0.4 is 4.57 Å². The molecule has 0 fully saturated rings. The number of benzene rings is 2. The second kappa shape index (κ2) is 7.22. The molecule has 0 aliphatic rings. The number of carbonyl (C=O) groups excluding carboxylic acids is 1. The Morgan fingerprint density at radius 3 is 2.00 bits per heavy atom. The third-order valence-electron chi connectivity index (χ3n) is 4.20. The van der Waals surface area contributed by atoms with Crippen molar-refractivity contribution in [3.63, 3.8) is 0 Å². The predicted molar refractivity (Wildman–Crippen MR) is 96.1 cm³/mol. The van der Waals surface area contributed by atoms with Crippen LogP contribution in [0.4, 0.5) is 0 Å². The highest BCUT2D eigenvalue weighted by Crippen LogP contribution is 2.14. The molecule has 0 aliphatic heterocycles. The summed E-state index contributed by atoms with van der Waals surface area (Å²) in [5, 5.41) is 0. The minimum Gasteiger partial charge on any atom is -0.289 e. The molecule has 2 aromatic carbocycles. The van der Waals surface area contributed by atoms with Gasteiger partial charge in [-0.2, -0.15) is 0 Å². The molecule has 2 heteroatoms. The third-order valence-corrected chi connectivity index (χ3v) is 4.20. The number of carbonyl (C=O) groups is 1. The molecule has 120 valence electrons. The number of ketones is 1. The summed E-state index contributed by atoms with van der Waals surface area (Å²) in [6, 6.07) is 21.9. The highest BCUT2D eigenvalue weighted by atomic mass is 16.1. The molecule has 0 bridgehead atoms. The summed E-state index contributed by atoms with van der Waals surface area (Å²) in [5.41, 5.74) is 4.05. The van der Waals surface area contributed by atoms with Crippen LogP contribution in [0.25, 0.3) is 0 Å². The maximum atomic E-state index is 12.4. The fourth-order valence-corrected chi connectivity index (χ4v) is 2.69. The van der Waals surface area contributed by atoms with Crippen molar-refractivity contribution < 1.29 is 9.36 Å². The van der Waals surface area contributed by atoms with E-state index in [1.165, 1.54) is 11.1 Å². The Morgan fingerprint density at radius 2 is 1.42 bits per heavy atom. The van der Waals surface area contributed by atoms with E-state index in [0.29, 0.717) is 11.5 Å². The first-order valence-corrected chi connectivity index (χ1v) is 8.31. The van der Waals surface area contributed by atoms with E-state index in [0.717, 1.165) is 12.1 Å². The van der Waals surface area contributed by atoms with Crippen LogP contribution in [0, 0.1) is 0 Å². The van der Waals surface area contributed by atoms with Gasteiger partial charge in [-0.05, 0) is 11.5 Å². The topological polar surface area (TPSA) is 20.9 Å². The van der Waals surface area contributed by atoms with E-state index in [4.69, 9.17) is 0 Å². The second-order valence-corrected chi connectivity index (χ2v) is 6.35. The number of nitrogens with zero attached hydrogens (tertiary/aromatic N) is 1. The number of hydrogen-bond donors (Lipinski definition) is 0. The van der Waals surface area contributed by atoms with Gasteiger partial charge in [0.05, 0.1) is 0 Å². The highest BCUT2D eigenvalue weighted by molar-refractivity contribution is 6.08. The van der Waals surface area contributed by atoms with Crippen LogP contribution in [0.5, 0.6) is 0 Å². The van der Waals surface area contributed by atoms with Gasteiger partial charge in [0.1, 0.15) is 0 Å². The van der Waals surface area contributed by atoms with Crippen LogP contribution in [0.15, 0.2) is 79.1 Å². The van der Waals surface area contributed by atoms with Crippen LogP contribution in [0.3, 0.4) is 0 Å². The maximum Gasteiger partial charge on any atom is 0.193 e. The summed E-state index contributed by atoms with van der Waals surface area (Å²) >= 11 is 0. The fraction of sp³-hybridized carbons (Fsp3) is 0.182. The lowest BCUT2D eigenvalue weighted by Gasteiger charge is -2.05. The lowest BCUT2D eigenvalue weighted by atomic mass is 10.0. The van der Waals surface area contributed by atoms with Crippen molar-refractivity contribution in [3.05, 3.63) is 101 Å². The quantitative estimate of drug-likeness (QED) is 0.505. The minimum atomic E-state index is 0.0593. The normalized spacial score (nSPS) is 10.8. The molecule has 0 radical (unpaired) electrons. The third kappa shape index (κ3) is 3.77. The molecule has 0 unspecified atom stereocenters. The molecule has 0 spiro atoms. The first-order chi connectivity index (χ1) is 11.6. The van der Waals surface area contributed by atoms with Crippen LogP contribution >= 0.6 is 0 Å². The summed E-state index contributed by atoms with van der Waals surface area (Å²) < 4.78 is 2.09. The van der Waals surface area contributed by atoms with Gasteiger partial charge in [-0.15, -0.1) is 0 Å². The molecule has 1 aromatic heterocycles. The van der Waals surface area contributed by atoms with E-state index >= 15 is 0 Å². The average molecular weight is 316 g/mol. The molecule has 3 aromatic rings.